The quantitative estimate of drug-likeness (QED) is 0.158. The van der Waals surface area contributed by atoms with Gasteiger partial charge in [0.15, 0.2) is 0 Å². The molecule has 6 heteroatoms. The normalized spacial score (nSPS) is 12.8. The number of halogens is 1. The molecule has 0 aliphatic carbocycles. The second-order valence-electron chi connectivity index (χ2n) is 9.20. The lowest BCUT2D eigenvalue weighted by Crippen LogP contribution is -2.37. The van der Waals surface area contributed by atoms with E-state index in [-0.39, 0.29) is 23.0 Å². The van der Waals surface area contributed by atoms with Gasteiger partial charge in [-0.05, 0) is 19.3 Å². The summed E-state index contributed by atoms with van der Waals surface area (Å²) in [6.07, 6.45) is 26.2. The number of carbonyl (C=O) groups excluding carboxylic acids is 1. The molecule has 1 aliphatic rings. The molecule has 0 fully saturated rings. The fourth-order valence-electron chi connectivity index (χ4n) is 4.10. The van der Waals surface area contributed by atoms with Crippen molar-refractivity contribution in [2.24, 2.45) is 0 Å². The molecule has 2 amide bonds. The van der Waals surface area contributed by atoms with Gasteiger partial charge in [0, 0.05) is 38.6 Å². The molecule has 1 heterocycles. The van der Waals surface area contributed by atoms with Crippen LogP contribution in [0.2, 0.25) is 0 Å². The van der Waals surface area contributed by atoms with Crippen LogP contribution in [0.1, 0.15) is 117 Å². The van der Waals surface area contributed by atoms with E-state index in [1.165, 1.54) is 96.4 Å². The second kappa shape index (κ2) is 23.3. The molecular weight excluding hydrogens is 464 g/mol. The molecular formula is C26H53BrN4O. The molecule has 5 nitrogen and oxygen atoms in total. The van der Waals surface area contributed by atoms with Crippen LogP contribution in [0.4, 0.5) is 4.79 Å². The third kappa shape index (κ3) is 18.6. The van der Waals surface area contributed by atoms with Crippen molar-refractivity contribution < 1.29 is 4.79 Å². The molecule has 0 aromatic carbocycles. The lowest BCUT2D eigenvalue weighted by Gasteiger charge is -2.21. The maximum absolute atomic E-state index is 11.5. The molecule has 0 aromatic heterocycles. The molecule has 0 aromatic rings. The Balaban J connectivity index is 0.00000961. The van der Waals surface area contributed by atoms with E-state index in [9.17, 15) is 4.79 Å². The zero-order valence-electron chi connectivity index (χ0n) is 21.2. The van der Waals surface area contributed by atoms with Gasteiger partial charge in [0.1, 0.15) is 0 Å². The molecule has 190 valence electrons. The minimum atomic E-state index is -0.0433. The Kier molecular flexibility index (Phi) is 22.6. The van der Waals surface area contributed by atoms with Crippen molar-refractivity contribution in [3.63, 3.8) is 0 Å². The lowest BCUT2D eigenvalue weighted by molar-refractivity contribution is 0.238. The summed E-state index contributed by atoms with van der Waals surface area (Å²) in [6, 6.07) is -0.0433. The van der Waals surface area contributed by atoms with Crippen LogP contribution in [0, 0.1) is 0 Å². The van der Waals surface area contributed by atoms with Gasteiger partial charge < -0.3 is 20.4 Å². The van der Waals surface area contributed by atoms with Crippen LogP contribution in [0.15, 0.2) is 12.4 Å². The van der Waals surface area contributed by atoms with E-state index in [0.29, 0.717) is 0 Å². The SMILES string of the molecule is Br.CCCCCCCCCCCCCCCCN1C=CN(CCCNC(=O)NCCC)C1. The molecule has 0 bridgehead atoms. The fraction of sp³-hybridized carbons (Fsp3) is 0.885. The van der Waals surface area contributed by atoms with Crippen molar-refractivity contribution in [2.75, 3.05) is 32.8 Å². The van der Waals surface area contributed by atoms with Crippen molar-refractivity contribution >= 4 is 23.0 Å². The molecule has 0 saturated heterocycles. The van der Waals surface area contributed by atoms with Crippen LogP contribution >= 0.6 is 17.0 Å². The first kappa shape index (κ1) is 31.1. The zero-order valence-corrected chi connectivity index (χ0v) is 22.9. The smallest absolute Gasteiger partial charge is 0.314 e. The van der Waals surface area contributed by atoms with Gasteiger partial charge in [-0.1, -0.05) is 97.3 Å². The van der Waals surface area contributed by atoms with E-state index in [1.807, 2.05) is 0 Å². The number of rotatable bonds is 21. The summed E-state index contributed by atoms with van der Waals surface area (Å²) in [5.74, 6) is 0. The summed E-state index contributed by atoms with van der Waals surface area (Å²) in [7, 11) is 0. The van der Waals surface area contributed by atoms with Crippen molar-refractivity contribution in [2.45, 2.75) is 117 Å². The molecule has 32 heavy (non-hydrogen) atoms. The minimum absolute atomic E-state index is 0. The van der Waals surface area contributed by atoms with Gasteiger partial charge >= 0.3 is 6.03 Å². The molecule has 0 atom stereocenters. The van der Waals surface area contributed by atoms with Gasteiger partial charge in [-0.2, -0.15) is 0 Å². The number of nitrogens with one attached hydrogen (secondary N) is 2. The summed E-state index contributed by atoms with van der Waals surface area (Å²) in [6.45, 7) is 9.00. The highest BCUT2D eigenvalue weighted by atomic mass is 79.9. The number of carbonyl (C=O) groups is 1. The Bertz CT molecular complexity index is 448. The molecule has 0 spiro atoms. The zero-order chi connectivity index (χ0) is 22.4. The number of unbranched alkanes of at least 4 members (excludes halogenated alkanes) is 13. The molecule has 2 N–H and O–H groups in total. The first-order chi connectivity index (χ1) is 15.3. The van der Waals surface area contributed by atoms with Crippen LogP contribution in [0.25, 0.3) is 0 Å². The van der Waals surface area contributed by atoms with Crippen LogP contribution in [0.5, 0.6) is 0 Å². The summed E-state index contributed by atoms with van der Waals surface area (Å²) in [5, 5.41) is 5.76. The van der Waals surface area contributed by atoms with E-state index in [4.69, 9.17) is 0 Å². The Morgan fingerprint density at radius 2 is 1.06 bits per heavy atom. The standard InChI is InChI=1S/C26H52N4O.BrH/c1-3-5-6-7-8-9-10-11-12-13-14-15-16-17-21-29-23-24-30(25-29)22-18-20-28-26(31)27-19-4-2;/h23-24H,3-22,25H2,1-2H3,(H2,27,28,31);1H. The van der Waals surface area contributed by atoms with E-state index < -0.39 is 0 Å². The highest BCUT2D eigenvalue weighted by Gasteiger charge is 2.11. The molecule has 0 radical (unpaired) electrons. The number of hydrogen-bond acceptors (Lipinski definition) is 3. The highest BCUT2D eigenvalue weighted by Crippen LogP contribution is 2.14. The molecule has 1 aliphatic heterocycles. The monoisotopic (exact) mass is 516 g/mol. The number of amides is 2. The van der Waals surface area contributed by atoms with E-state index in [1.54, 1.807) is 0 Å². The van der Waals surface area contributed by atoms with Crippen LogP contribution in [-0.2, 0) is 0 Å². The predicted molar refractivity (Wildman–Crippen MR) is 144 cm³/mol. The highest BCUT2D eigenvalue weighted by molar-refractivity contribution is 8.93. The van der Waals surface area contributed by atoms with Crippen LogP contribution < -0.4 is 10.6 Å². The summed E-state index contributed by atoms with van der Waals surface area (Å²) in [5.41, 5.74) is 0. The van der Waals surface area contributed by atoms with Crippen molar-refractivity contribution in [3.8, 4) is 0 Å². The largest absolute Gasteiger partial charge is 0.359 e. The average Bonchev–Trinajstić information content (AvgIpc) is 3.23. The summed E-state index contributed by atoms with van der Waals surface area (Å²) in [4.78, 5) is 16.3. The summed E-state index contributed by atoms with van der Waals surface area (Å²) >= 11 is 0. The topological polar surface area (TPSA) is 47.6 Å². The Morgan fingerprint density at radius 3 is 1.56 bits per heavy atom. The third-order valence-electron chi connectivity index (χ3n) is 6.09. The molecule has 0 unspecified atom stereocenters. The fourth-order valence-corrected chi connectivity index (χ4v) is 4.10. The molecule has 0 saturated carbocycles. The maximum Gasteiger partial charge on any atom is 0.314 e. The van der Waals surface area contributed by atoms with Gasteiger partial charge in [0.2, 0.25) is 0 Å². The Hall–Kier alpha value is -0.910. The maximum atomic E-state index is 11.5. The number of nitrogens with zero attached hydrogens (tertiary/aromatic N) is 2. The first-order valence-electron chi connectivity index (χ1n) is 13.4. The Morgan fingerprint density at radius 1 is 0.625 bits per heavy atom. The second-order valence-corrected chi connectivity index (χ2v) is 9.20. The van der Waals surface area contributed by atoms with Crippen LogP contribution in [0.3, 0.4) is 0 Å². The van der Waals surface area contributed by atoms with Crippen molar-refractivity contribution in [1.29, 1.82) is 0 Å². The predicted octanol–water partition coefficient (Wildman–Crippen LogP) is 7.19. The van der Waals surface area contributed by atoms with Gasteiger partial charge in [0.05, 0.1) is 6.67 Å². The van der Waals surface area contributed by atoms with Crippen molar-refractivity contribution in [1.82, 2.24) is 20.4 Å². The Labute approximate surface area is 209 Å². The number of hydrogen-bond donors (Lipinski definition) is 2. The third-order valence-corrected chi connectivity index (χ3v) is 6.09. The molecule has 1 rings (SSSR count). The van der Waals surface area contributed by atoms with Gasteiger partial charge in [0.25, 0.3) is 0 Å². The van der Waals surface area contributed by atoms with Gasteiger partial charge in [-0.15, -0.1) is 17.0 Å². The average molecular weight is 518 g/mol. The van der Waals surface area contributed by atoms with Crippen LogP contribution in [-0.4, -0.2) is 48.7 Å². The first-order valence-corrected chi connectivity index (χ1v) is 13.4. The van der Waals surface area contributed by atoms with Gasteiger partial charge in [-0.25, -0.2) is 4.79 Å². The minimum Gasteiger partial charge on any atom is -0.359 e. The van der Waals surface area contributed by atoms with E-state index in [2.05, 4.69) is 46.7 Å². The van der Waals surface area contributed by atoms with E-state index in [0.717, 1.165) is 39.1 Å². The lowest BCUT2D eigenvalue weighted by atomic mass is 10.0. The van der Waals surface area contributed by atoms with Crippen molar-refractivity contribution in [3.05, 3.63) is 12.4 Å². The summed E-state index contributed by atoms with van der Waals surface area (Å²) < 4.78 is 0. The number of urea groups is 1. The van der Waals surface area contributed by atoms with E-state index >= 15 is 0 Å². The van der Waals surface area contributed by atoms with Gasteiger partial charge in [-0.3, -0.25) is 0 Å².